The van der Waals surface area contributed by atoms with Gasteiger partial charge in [-0.25, -0.2) is 4.79 Å². The van der Waals surface area contributed by atoms with Gasteiger partial charge >= 0.3 is 5.97 Å². The molecule has 20 heavy (non-hydrogen) atoms. The number of carboxylic acids is 1. The Morgan fingerprint density at radius 2 is 1.95 bits per heavy atom. The first-order chi connectivity index (χ1) is 9.42. The lowest BCUT2D eigenvalue weighted by Gasteiger charge is -2.01. The molecule has 0 aliphatic heterocycles. The van der Waals surface area contributed by atoms with Crippen LogP contribution in [0.4, 0.5) is 5.00 Å². The third-order valence-electron chi connectivity index (χ3n) is 2.88. The summed E-state index contributed by atoms with van der Waals surface area (Å²) in [4.78, 5) is 26.0. The molecule has 2 rings (SSSR count). The molecule has 0 unspecified atom stereocenters. The van der Waals surface area contributed by atoms with Crippen LogP contribution in [0.1, 0.15) is 42.3 Å². The van der Waals surface area contributed by atoms with E-state index in [1.807, 2.05) is 26.8 Å². The van der Waals surface area contributed by atoms with E-state index in [1.165, 1.54) is 27.6 Å². The van der Waals surface area contributed by atoms with E-state index in [-0.39, 0.29) is 11.5 Å². The summed E-state index contributed by atoms with van der Waals surface area (Å²) < 4.78 is 0. The number of nitrogens with one attached hydrogen (secondary N) is 1. The van der Waals surface area contributed by atoms with Crippen LogP contribution in [-0.2, 0) is 6.42 Å². The second-order valence-electron chi connectivity index (χ2n) is 4.43. The summed E-state index contributed by atoms with van der Waals surface area (Å²) in [6.45, 7) is 5.84. The molecule has 1 amide bonds. The maximum atomic E-state index is 12.2. The standard InChI is InChI=1S/C14H15NO3S2/c1-4-10-7(2)5-11(20-10)12(16)15-13-9(14(17)18)6-8(3)19-13/h5-6H,4H2,1-3H3,(H,15,16)(H,17,18). The van der Waals surface area contributed by atoms with Crippen molar-refractivity contribution < 1.29 is 14.7 Å². The highest BCUT2D eigenvalue weighted by Gasteiger charge is 2.18. The van der Waals surface area contributed by atoms with Crippen LogP contribution in [0.25, 0.3) is 0 Å². The summed E-state index contributed by atoms with van der Waals surface area (Å²) in [6.07, 6.45) is 0.891. The van der Waals surface area contributed by atoms with Crippen molar-refractivity contribution in [2.24, 2.45) is 0 Å². The van der Waals surface area contributed by atoms with Crippen LogP contribution in [0.15, 0.2) is 12.1 Å². The van der Waals surface area contributed by atoms with Crippen molar-refractivity contribution in [3.8, 4) is 0 Å². The fourth-order valence-electron chi connectivity index (χ4n) is 1.91. The second-order valence-corrected chi connectivity index (χ2v) is 6.82. The van der Waals surface area contributed by atoms with Gasteiger partial charge in [0.2, 0.25) is 0 Å². The van der Waals surface area contributed by atoms with Crippen molar-refractivity contribution in [1.82, 2.24) is 0 Å². The molecule has 0 aromatic carbocycles. The topological polar surface area (TPSA) is 66.4 Å². The number of rotatable bonds is 4. The Balaban J connectivity index is 2.25. The first-order valence-electron chi connectivity index (χ1n) is 6.16. The Hall–Kier alpha value is -1.66. The highest BCUT2D eigenvalue weighted by molar-refractivity contribution is 7.17. The average molecular weight is 309 g/mol. The van der Waals surface area contributed by atoms with Gasteiger partial charge in [-0.2, -0.15) is 0 Å². The summed E-state index contributed by atoms with van der Waals surface area (Å²) in [5, 5.41) is 12.2. The molecule has 0 saturated carbocycles. The Kier molecular flexibility index (Phi) is 4.25. The number of carbonyl (C=O) groups excluding carboxylic acids is 1. The van der Waals surface area contributed by atoms with Crippen LogP contribution in [-0.4, -0.2) is 17.0 Å². The number of carbonyl (C=O) groups is 2. The smallest absolute Gasteiger partial charge is 0.338 e. The van der Waals surface area contributed by atoms with E-state index in [9.17, 15) is 9.59 Å². The van der Waals surface area contributed by atoms with E-state index >= 15 is 0 Å². The molecule has 4 nitrogen and oxygen atoms in total. The lowest BCUT2D eigenvalue weighted by Crippen LogP contribution is -2.11. The third kappa shape index (κ3) is 2.91. The van der Waals surface area contributed by atoms with Gasteiger partial charge in [-0.1, -0.05) is 6.92 Å². The summed E-state index contributed by atoms with van der Waals surface area (Å²) in [7, 11) is 0. The van der Waals surface area contributed by atoms with Gasteiger partial charge in [0.1, 0.15) is 5.00 Å². The van der Waals surface area contributed by atoms with Crippen LogP contribution in [0.2, 0.25) is 0 Å². The SMILES string of the molecule is CCc1sc(C(=O)Nc2sc(C)cc2C(=O)O)cc1C. The lowest BCUT2D eigenvalue weighted by atomic mass is 10.2. The van der Waals surface area contributed by atoms with Crippen molar-refractivity contribution in [3.05, 3.63) is 37.9 Å². The van der Waals surface area contributed by atoms with Crippen LogP contribution in [0, 0.1) is 13.8 Å². The van der Waals surface area contributed by atoms with Crippen molar-refractivity contribution >= 4 is 39.6 Å². The number of aromatic carboxylic acids is 1. The van der Waals surface area contributed by atoms with E-state index in [0.29, 0.717) is 9.88 Å². The third-order valence-corrected chi connectivity index (χ3v) is 5.22. The number of thiophene rings is 2. The summed E-state index contributed by atoms with van der Waals surface area (Å²) >= 11 is 2.73. The minimum Gasteiger partial charge on any atom is -0.478 e. The molecule has 6 heteroatoms. The van der Waals surface area contributed by atoms with Gasteiger partial charge < -0.3 is 10.4 Å². The minimum absolute atomic E-state index is 0.143. The molecule has 2 aromatic rings. The van der Waals surface area contributed by atoms with Crippen molar-refractivity contribution in [2.75, 3.05) is 5.32 Å². The van der Waals surface area contributed by atoms with Gasteiger partial charge in [0.15, 0.2) is 0 Å². The summed E-state index contributed by atoms with van der Waals surface area (Å²) in [5.74, 6) is -1.27. The van der Waals surface area contributed by atoms with Gasteiger partial charge in [0.25, 0.3) is 5.91 Å². The second kappa shape index (κ2) is 5.76. The zero-order valence-corrected chi connectivity index (χ0v) is 13.1. The monoisotopic (exact) mass is 309 g/mol. The van der Waals surface area contributed by atoms with Gasteiger partial charge in [0, 0.05) is 9.75 Å². The molecule has 2 aromatic heterocycles. The van der Waals surface area contributed by atoms with E-state index in [0.717, 1.165) is 16.9 Å². The van der Waals surface area contributed by atoms with Crippen molar-refractivity contribution in [1.29, 1.82) is 0 Å². The highest BCUT2D eigenvalue weighted by Crippen LogP contribution is 2.29. The van der Waals surface area contributed by atoms with E-state index in [1.54, 1.807) is 6.07 Å². The van der Waals surface area contributed by atoms with Crippen LogP contribution < -0.4 is 5.32 Å². The molecule has 106 valence electrons. The molecule has 2 N–H and O–H groups in total. The number of amides is 1. The van der Waals surface area contributed by atoms with Crippen molar-refractivity contribution in [2.45, 2.75) is 27.2 Å². The number of aryl methyl sites for hydroxylation is 3. The maximum Gasteiger partial charge on any atom is 0.338 e. The molecule has 0 radical (unpaired) electrons. The van der Waals surface area contributed by atoms with E-state index in [2.05, 4.69) is 5.32 Å². The molecular formula is C14H15NO3S2. The predicted octanol–water partition coefficient (Wildman–Crippen LogP) is 3.94. The fraction of sp³-hybridized carbons (Fsp3) is 0.286. The zero-order chi connectivity index (χ0) is 14.9. The van der Waals surface area contributed by atoms with E-state index in [4.69, 9.17) is 5.11 Å². The molecule has 0 aliphatic carbocycles. The number of hydrogen-bond donors (Lipinski definition) is 2. The number of carboxylic acid groups (broad SMARTS) is 1. The number of hydrogen-bond acceptors (Lipinski definition) is 4. The summed E-state index contributed by atoms with van der Waals surface area (Å²) in [6, 6.07) is 3.42. The molecular weight excluding hydrogens is 294 g/mol. The average Bonchev–Trinajstić information content (AvgIpc) is 2.92. The Morgan fingerprint density at radius 1 is 1.25 bits per heavy atom. The van der Waals surface area contributed by atoms with Gasteiger partial charge in [0.05, 0.1) is 10.4 Å². The predicted molar refractivity (Wildman–Crippen MR) is 82.4 cm³/mol. The first-order valence-corrected chi connectivity index (χ1v) is 7.80. The van der Waals surface area contributed by atoms with Crippen molar-refractivity contribution in [3.63, 3.8) is 0 Å². The van der Waals surface area contributed by atoms with Crippen LogP contribution in [0.3, 0.4) is 0 Å². The van der Waals surface area contributed by atoms with Crippen LogP contribution in [0.5, 0.6) is 0 Å². The Labute approximate surface area is 125 Å². The Bertz CT molecular complexity index is 670. The maximum absolute atomic E-state index is 12.2. The van der Waals surface area contributed by atoms with Gasteiger partial charge in [-0.05, 0) is 38.0 Å². The number of anilines is 1. The molecule has 0 aliphatic rings. The molecule has 0 saturated heterocycles. The molecule has 0 fully saturated rings. The lowest BCUT2D eigenvalue weighted by molar-refractivity contribution is 0.0698. The quantitative estimate of drug-likeness (QED) is 0.899. The normalized spacial score (nSPS) is 10.6. The zero-order valence-electron chi connectivity index (χ0n) is 11.4. The largest absolute Gasteiger partial charge is 0.478 e. The summed E-state index contributed by atoms with van der Waals surface area (Å²) in [5.41, 5.74) is 1.24. The van der Waals surface area contributed by atoms with Gasteiger partial charge in [-0.3, -0.25) is 4.79 Å². The van der Waals surface area contributed by atoms with E-state index < -0.39 is 5.97 Å². The molecule has 0 atom stereocenters. The molecule has 2 heterocycles. The molecule has 0 bridgehead atoms. The molecule has 0 spiro atoms. The van der Waals surface area contributed by atoms with Crippen LogP contribution >= 0.6 is 22.7 Å². The highest BCUT2D eigenvalue weighted by atomic mass is 32.1. The fourth-order valence-corrected chi connectivity index (χ4v) is 3.82. The minimum atomic E-state index is -1.03. The van der Waals surface area contributed by atoms with Gasteiger partial charge in [-0.15, -0.1) is 22.7 Å². The Morgan fingerprint density at radius 3 is 2.50 bits per heavy atom. The first kappa shape index (κ1) is 14.7.